The first-order valence-electron chi connectivity index (χ1n) is 13.1. The van der Waals surface area contributed by atoms with Crippen molar-refractivity contribution in [1.29, 1.82) is 0 Å². The van der Waals surface area contributed by atoms with E-state index in [2.05, 4.69) is 31.0 Å². The van der Waals surface area contributed by atoms with E-state index in [4.69, 9.17) is 4.74 Å². The van der Waals surface area contributed by atoms with Gasteiger partial charge in [0.15, 0.2) is 0 Å². The molecule has 3 aromatic carbocycles. The Kier molecular flexibility index (Phi) is 7.07. The number of ether oxygens (including phenoxy) is 1. The number of methoxy groups -OCH3 is 1. The molecule has 1 amide bonds. The molecule has 0 spiro atoms. The van der Waals surface area contributed by atoms with Gasteiger partial charge in [-0.25, -0.2) is 14.4 Å². The topological polar surface area (TPSA) is 106 Å². The number of anilines is 3. The summed E-state index contributed by atoms with van der Waals surface area (Å²) in [6, 6.07) is 16.2. The smallest absolute Gasteiger partial charge is 0.248 e. The zero-order valence-electron chi connectivity index (χ0n) is 21.9. The molecule has 1 fully saturated rings. The highest BCUT2D eigenvalue weighted by Gasteiger charge is 2.14. The summed E-state index contributed by atoms with van der Waals surface area (Å²) in [5, 5.41) is 15.8. The van der Waals surface area contributed by atoms with Crippen molar-refractivity contribution in [3.63, 3.8) is 0 Å². The first-order valence-corrected chi connectivity index (χ1v) is 13.1. The van der Waals surface area contributed by atoms with Crippen LogP contribution in [0.3, 0.4) is 0 Å². The maximum Gasteiger partial charge on any atom is 0.248 e. The quantitative estimate of drug-likeness (QED) is 0.235. The Balaban J connectivity index is 1.25. The van der Waals surface area contributed by atoms with Gasteiger partial charge in [0.2, 0.25) is 5.91 Å². The average Bonchev–Trinajstić information content (AvgIpc) is 3.62. The Morgan fingerprint density at radius 2 is 2.12 bits per heavy atom. The van der Waals surface area contributed by atoms with Crippen molar-refractivity contribution in [2.45, 2.75) is 25.4 Å². The van der Waals surface area contributed by atoms with Gasteiger partial charge in [0, 0.05) is 34.6 Å². The third-order valence-electron chi connectivity index (χ3n) is 6.92. The summed E-state index contributed by atoms with van der Waals surface area (Å²) in [7, 11) is 1.55. The van der Waals surface area contributed by atoms with Gasteiger partial charge in [-0.2, -0.15) is 5.10 Å². The monoisotopic (exact) mass is 537 g/mol. The van der Waals surface area contributed by atoms with Gasteiger partial charge in [-0.1, -0.05) is 18.2 Å². The highest BCUT2D eigenvalue weighted by atomic mass is 19.1. The number of hydrogen-bond acceptors (Lipinski definition) is 7. The summed E-state index contributed by atoms with van der Waals surface area (Å²) in [5.41, 5.74) is 3.77. The van der Waals surface area contributed by atoms with Crippen LogP contribution in [0.25, 0.3) is 21.8 Å². The highest BCUT2D eigenvalue weighted by molar-refractivity contribution is 6.03. The lowest BCUT2D eigenvalue weighted by atomic mass is 10.1. The third-order valence-corrected chi connectivity index (χ3v) is 6.92. The van der Waals surface area contributed by atoms with Gasteiger partial charge in [-0.05, 0) is 61.3 Å². The molecule has 0 aliphatic carbocycles. The van der Waals surface area contributed by atoms with E-state index in [0.29, 0.717) is 29.3 Å². The molecule has 3 heterocycles. The number of hydrogen-bond donors (Lipinski definition) is 3. The summed E-state index contributed by atoms with van der Waals surface area (Å²) < 4.78 is 21.0. The zero-order chi connectivity index (χ0) is 27.5. The van der Waals surface area contributed by atoms with Crippen molar-refractivity contribution in [3.05, 3.63) is 90.7 Å². The van der Waals surface area contributed by atoms with Gasteiger partial charge in [0.25, 0.3) is 0 Å². The molecule has 0 saturated carbocycles. The first-order chi connectivity index (χ1) is 19.6. The first kappa shape index (κ1) is 25.4. The normalized spacial score (nSPS) is 15.2. The van der Waals surface area contributed by atoms with Crippen LogP contribution in [0.5, 0.6) is 5.75 Å². The Bertz CT molecular complexity index is 1730. The van der Waals surface area contributed by atoms with Crippen molar-refractivity contribution in [1.82, 2.24) is 25.1 Å². The minimum Gasteiger partial charge on any atom is -0.494 e. The minimum atomic E-state index is -0.268. The van der Waals surface area contributed by atoms with E-state index in [1.807, 2.05) is 41.1 Å². The van der Waals surface area contributed by atoms with Crippen LogP contribution in [-0.4, -0.2) is 45.4 Å². The number of amides is 1. The van der Waals surface area contributed by atoms with Crippen molar-refractivity contribution < 1.29 is 13.9 Å². The van der Waals surface area contributed by atoms with Crippen molar-refractivity contribution in [2.24, 2.45) is 0 Å². The molecule has 40 heavy (non-hydrogen) atoms. The number of halogens is 1. The fourth-order valence-corrected chi connectivity index (χ4v) is 4.94. The Labute approximate surface area is 230 Å². The third kappa shape index (κ3) is 5.48. The van der Waals surface area contributed by atoms with Gasteiger partial charge in [-0.3, -0.25) is 9.48 Å². The molecule has 9 nitrogen and oxygen atoms in total. The minimum absolute atomic E-state index is 0.222. The van der Waals surface area contributed by atoms with Crippen LogP contribution in [-0.2, 0) is 11.3 Å². The van der Waals surface area contributed by atoms with Gasteiger partial charge in [0.05, 0.1) is 36.6 Å². The lowest BCUT2D eigenvalue weighted by Crippen LogP contribution is -2.19. The fourth-order valence-electron chi connectivity index (χ4n) is 4.94. The van der Waals surface area contributed by atoms with Gasteiger partial charge < -0.3 is 20.7 Å². The van der Waals surface area contributed by atoms with Crippen LogP contribution in [0.1, 0.15) is 18.4 Å². The summed E-state index contributed by atoms with van der Waals surface area (Å²) in [5.74, 6) is 0.583. The van der Waals surface area contributed by atoms with Crippen LogP contribution < -0.4 is 20.7 Å². The Morgan fingerprint density at radius 1 is 1.20 bits per heavy atom. The molecule has 0 radical (unpaired) electrons. The number of carbonyl (C=O) groups is 1. The molecule has 1 aliphatic rings. The Morgan fingerprint density at radius 3 is 2.95 bits per heavy atom. The second-order valence-electron chi connectivity index (χ2n) is 9.67. The largest absolute Gasteiger partial charge is 0.494 e. The van der Waals surface area contributed by atoms with E-state index < -0.39 is 0 Å². The second kappa shape index (κ2) is 11.1. The van der Waals surface area contributed by atoms with Gasteiger partial charge in [-0.15, -0.1) is 0 Å². The van der Waals surface area contributed by atoms with Crippen LogP contribution in [0.4, 0.5) is 21.6 Å². The van der Waals surface area contributed by atoms with Gasteiger partial charge >= 0.3 is 0 Å². The van der Waals surface area contributed by atoms with E-state index in [9.17, 15) is 9.18 Å². The molecule has 6 rings (SSSR count). The highest BCUT2D eigenvalue weighted by Crippen LogP contribution is 2.33. The van der Waals surface area contributed by atoms with Crippen LogP contribution in [0, 0.1) is 5.82 Å². The fraction of sp³-hybridized carbons (Fsp3) is 0.200. The number of nitrogens with one attached hydrogen (secondary N) is 3. The SMILES string of the molecule is COc1cc2ncnc(Nc3ccc4c(cnn4Cc4cccc(F)c4)c3)c2cc1NC(=O)/C=C/C1CCCN1. The van der Waals surface area contributed by atoms with Crippen LogP contribution >= 0.6 is 0 Å². The molecular formula is C30H28FN7O2. The predicted molar refractivity (Wildman–Crippen MR) is 153 cm³/mol. The number of benzene rings is 3. The average molecular weight is 538 g/mol. The zero-order valence-corrected chi connectivity index (χ0v) is 21.9. The molecule has 1 unspecified atom stereocenters. The van der Waals surface area contributed by atoms with Crippen molar-refractivity contribution in [2.75, 3.05) is 24.3 Å². The summed E-state index contributed by atoms with van der Waals surface area (Å²) in [6.07, 6.45) is 8.84. The molecule has 202 valence electrons. The summed E-state index contributed by atoms with van der Waals surface area (Å²) >= 11 is 0. The van der Waals surface area contributed by atoms with Gasteiger partial charge in [0.1, 0.15) is 23.7 Å². The number of fused-ring (bicyclic) bond motifs is 2. The van der Waals surface area contributed by atoms with E-state index >= 15 is 0 Å². The number of nitrogens with zero attached hydrogens (tertiary/aromatic N) is 4. The number of rotatable bonds is 8. The van der Waals surface area contributed by atoms with E-state index in [-0.39, 0.29) is 17.8 Å². The molecule has 1 saturated heterocycles. The van der Waals surface area contributed by atoms with Crippen molar-refractivity contribution in [3.8, 4) is 5.75 Å². The summed E-state index contributed by atoms with van der Waals surface area (Å²) in [6.45, 7) is 1.43. The van der Waals surface area contributed by atoms with E-state index in [0.717, 1.165) is 46.9 Å². The second-order valence-corrected chi connectivity index (χ2v) is 9.67. The molecule has 10 heteroatoms. The summed E-state index contributed by atoms with van der Waals surface area (Å²) in [4.78, 5) is 21.5. The lowest BCUT2D eigenvalue weighted by Gasteiger charge is -2.13. The molecular weight excluding hydrogens is 509 g/mol. The number of aromatic nitrogens is 4. The molecule has 3 N–H and O–H groups in total. The van der Waals surface area contributed by atoms with Crippen LogP contribution in [0.2, 0.25) is 0 Å². The van der Waals surface area contributed by atoms with E-state index in [1.54, 1.807) is 31.5 Å². The molecule has 1 atom stereocenters. The predicted octanol–water partition coefficient (Wildman–Crippen LogP) is 5.17. The standard InChI is InChI=1S/C30H28FN7O2/c1-40-28-15-25-24(14-26(28)37-29(39)10-8-22-6-3-11-32-22)30(34-18-33-25)36-23-7-9-27-20(13-23)16-35-38(27)17-19-4-2-5-21(31)12-19/h2,4-5,7-10,12-16,18,22,32H,3,6,11,17H2,1H3,(H,37,39)(H,33,34,36)/b10-8+. The Hall–Kier alpha value is -4.83. The molecule has 2 aromatic heterocycles. The van der Waals surface area contributed by atoms with Crippen molar-refractivity contribution >= 4 is 44.9 Å². The lowest BCUT2D eigenvalue weighted by molar-refractivity contribution is -0.111. The molecule has 0 bridgehead atoms. The molecule has 1 aliphatic heterocycles. The maximum atomic E-state index is 13.6. The molecule has 5 aromatic rings. The number of carbonyl (C=O) groups excluding carboxylic acids is 1. The maximum absolute atomic E-state index is 13.6. The van der Waals surface area contributed by atoms with Crippen LogP contribution in [0.15, 0.2) is 79.3 Å². The van der Waals surface area contributed by atoms with E-state index in [1.165, 1.54) is 18.5 Å².